The van der Waals surface area contributed by atoms with Gasteiger partial charge in [-0.3, -0.25) is 14.2 Å². The average Bonchev–Trinajstić information content (AvgIpc) is 3.40. The first kappa shape index (κ1) is 18.3. The summed E-state index contributed by atoms with van der Waals surface area (Å²) in [6, 6.07) is 15.1. The summed E-state index contributed by atoms with van der Waals surface area (Å²) in [5.74, 6) is 0.607. The highest BCUT2D eigenvalue weighted by Crippen LogP contribution is 2.31. The van der Waals surface area contributed by atoms with E-state index in [1.165, 1.54) is 22.2 Å². The third-order valence-corrected chi connectivity index (χ3v) is 6.05. The summed E-state index contributed by atoms with van der Waals surface area (Å²) in [7, 11) is 1.61. The molecule has 0 saturated heterocycles. The molecule has 0 spiro atoms. The number of hydrogen-bond donors (Lipinski definition) is 1. The first-order valence-corrected chi connectivity index (χ1v) is 10.2. The molecule has 6 nitrogen and oxygen atoms in total. The van der Waals surface area contributed by atoms with E-state index in [0.29, 0.717) is 15.8 Å². The SMILES string of the molecule is COc1ccc(-c2csc3ncn(CC(=O)c4c[nH]c5ccccc45)c(=O)c23)cc1. The van der Waals surface area contributed by atoms with Crippen LogP contribution in [0.5, 0.6) is 5.75 Å². The van der Waals surface area contributed by atoms with E-state index in [2.05, 4.69) is 9.97 Å². The molecule has 0 saturated carbocycles. The molecule has 3 aromatic heterocycles. The lowest BCUT2D eigenvalue weighted by atomic mass is 10.1. The number of nitrogens with zero attached hydrogens (tertiary/aromatic N) is 2. The number of carbonyl (C=O) groups excluding carboxylic acids is 1. The van der Waals surface area contributed by atoms with Crippen molar-refractivity contribution in [2.24, 2.45) is 0 Å². The quantitative estimate of drug-likeness (QED) is 0.429. The third kappa shape index (κ3) is 3.00. The van der Waals surface area contributed by atoms with Gasteiger partial charge in [-0.05, 0) is 23.8 Å². The predicted octanol–water partition coefficient (Wildman–Crippen LogP) is 4.50. The van der Waals surface area contributed by atoms with Crippen molar-refractivity contribution in [3.8, 4) is 16.9 Å². The molecule has 0 radical (unpaired) electrons. The Kier molecular flexibility index (Phi) is 4.44. The number of rotatable bonds is 5. The van der Waals surface area contributed by atoms with Gasteiger partial charge in [0.2, 0.25) is 0 Å². The van der Waals surface area contributed by atoms with E-state index in [0.717, 1.165) is 27.8 Å². The van der Waals surface area contributed by atoms with Crippen molar-refractivity contribution in [2.75, 3.05) is 7.11 Å². The molecule has 148 valence electrons. The van der Waals surface area contributed by atoms with Gasteiger partial charge in [0.15, 0.2) is 5.78 Å². The highest BCUT2D eigenvalue weighted by Gasteiger charge is 2.17. The molecule has 0 amide bonds. The van der Waals surface area contributed by atoms with Crippen LogP contribution in [0.25, 0.3) is 32.2 Å². The van der Waals surface area contributed by atoms with Crippen molar-refractivity contribution in [2.45, 2.75) is 6.54 Å². The molecular weight excluding hydrogens is 398 g/mol. The van der Waals surface area contributed by atoms with Gasteiger partial charge in [0.1, 0.15) is 10.6 Å². The predicted molar refractivity (Wildman–Crippen MR) is 118 cm³/mol. The van der Waals surface area contributed by atoms with Crippen LogP contribution in [0.15, 0.2) is 71.2 Å². The van der Waals surface area contributed by atoms with Crippen LogP contribution in [0.4, 0.5) is 0 Å². The summed E-state index contributed by atoms with van der Waals surface area (Å²) < 4.78 is 6.59. The first-order chi connectivity index (χ1) is 14.7. The van der Waals surface area contributed by atoms with E-state index in [-0.39, 0.29) is 17.9 Å². The second kappa shape index (κ2) is 7.27. The second-order valence-electron chi connectivity index (χ2n) is 6.91. The number of thiophene rings is 1. The molecule has 0 atom stereocenters. The molecular formula is C23H17N3O3S. The maximum atomic E-state index is 13.2. The number of fused-ring (bicyclic) bond motifs is 2. The summed E-state index contributed by atoms with van der Waals surface area (Å²) in [5, 5.41) is 3.30. The van der Waals surface area contributed by atoms with Gasteiger partial charge in [0, 0.05) is 33.6 Å². The maximum Gasteiger partial charge on any atom is 0.263 e. The Morgan fingerprint density at radius 1 is 1.17 bits per heavy atom. The van der Waals surface area contributed by atoms with Gasteiger partial charge in [-0.15, -0.1) is 11.3 Å². The lowest BCUT2D eigenvalue weighted by Gasteiger charge is -2.06. The Bertz CT molecular complexity index is 1440. The fourth-order valence-corrected chi connectivity index (χ4v) is 4.51. The zero-order valence-electron chi connectivity index (χ0n) is 16.1. The van der Waals surface area contributed by atoms with Gasteiger partial charge in [-0.2, -0.15) is 0 Å². The Balaban J connectivity index is 1.54. The van der Waals surface area contributed by atoms with Crippen LogP contribution in [-0.4, -0.2) is 27.4 Å². The zero-order chi connectivity index (χ0) is 20.7. The minimum absolute atomic E-state index is 0.0679. The van der Waals surface area contributed by atoms with Crippen LogP contribution in [0.2, 0.25) is 0 Å². The molecule has 5 rings (SSSR count). The molecule has 0 aliphatic heterocycles. The van der Waals surface area contributed by atoms with Crippen molar-refractivity contribution in [3.05, 3.63) is 82.4 Å². The molecule has 1 N–H and O–H groups in total. The number of carbonyl (C=O) groups is 1. The van der Waals surface area contributed by atoms with Gasteiger partial charge < -0.3 is 9.72 Å². The van der Waals surface area contributed by atoms with Crippen LogP contribution in [-0.2, 0) is 6.54 Å². The normalized spacial score (nSPS) is 11.2. The van der Waals surface area contributed by atoms with Crippen LogP contribution in [0.3, 0.4) is 0 Å². The van der Waals surface area contributed by atoms with Crippen molar-refractivity contribution in [1.29, 1.82) is 0 Å². The van der Waals surface area contributed by atoms with Crippen molar-refractivity contribution < 1.29 is 9.53 Å². The Hall–Kier alpha value is -3.71. The van der Waals surface area contributed by atoms with Gasteiger partial charge >= 0.3 is 0 Å². The second-order valence-corrected chi connectivity index (χ2v) is 7.76. The summed E-state index contributed by atoms with van der Waals surface area (Å²) in [4.78, 5) is 34.3. The van der Waals surface area contributed by atoms with E-state index in [9.17, 15) is 9.59 Å². The molecule has 0 aliphatic rings. The number of benzene rings is 2. The number of para-hydroxylation sites is 1. The first-order valence-electron chi connectivity index (χ1n) is 9.36. The van der Waals surface area contributed by atoms with E-state index >= 15 is 0 Å². The zero-order valence-corrected chi connectivity index (χ0v) is 16.9. The lowest BCUT2D eigenvalue weighted by molar-refractivity contribution is 0.0972. The Labute approximate surface area is 175 Å². The number of hydrogen-bond acceptors (Lipinski definition) is 5. The summed E-state index contributed by atoms with van der Waals surface area (Å²) in [5.41, 5.74) is 2.95. The topological polar surface area (TPSA) is 77.0 Å². The van der Waals surface area contributed by atoms with E-state index in [1.54, 1.807) is 13.3 Å². The maximum absolute atomic E-state index is 13.2. The minimum atomic E-state index is -0.222. The molecule has 2 aromatic carbocycles. The number of methoxy groups -OCH3 is 1. The molecule has 3 heterocycles. The van der Waals surface area contributed by atoms with E-state index in [4.69, 9.17) is 4.74 Å². The highest BCUT2D eigenvalue weighted by molar-refractivity contribution is 7.17. The minimum Gasteiger partial charge on any atom is -0.497 e. The van der Waals surface area contributed by atoms with Gasteiger partial charge in [0.05, 0.1) is 25.4 Å². The molecule has 0 unspecified atom stereocenters. The molecule has 30 heavy (non-hydrogen) atoms. The van der Waals surface area contributed by atoms with Crippen LogP contribution >= 0.6 is 11.3 Å². The van der Waals surface area contributed by atoms with E-state index in [1.807, 2.05) is 53.9 Å². The number of ketones is 1. The third-order valence-electron chi connectivity index (χ3n) is 5.17. The monoisotopic (exact) mass is 415 g/mol. The van der Waals surface area contributed by atoms with Crippen molar-refractivity contribution in [1.82, 2.24) is 14.5 Å². The summed E-state index contributed by atoms with van der Waals surface area (Å²) in [6.07, 6.45) is 3.14. The molecule has 0 fully saturated rings. The Morgan fingerprint density at radius 3 is 2.77 bits per heavy atom. The van der Waals surface area contributed by atoms with Crippen LogP contribution in [0.1, 0.15) is 10.4 Å². The molecule has 7 heteroatoms. The largest absolute Gasteiger partial charge is 0.497 e. The lowest BCUT2D eigenvalue weighted by Crippen LogP contribution is -2.24. The molecule has 5 aromatic rings. The van der Waals surface area contributed by atoms with Gasteiger partial charge in [0.25, 0.3) is 5.56 Å². The number of Topliss-reactive ketones (excluding diaryl/α,β-unsaturated/α-hetero) is 1. The smallest absolute Gasteiger partial charge is 0.263 e. The number of aromatic nitrogens is 3. The summed E-state index contributed by atoms with van der Waals surface area (Å²) in [6.45, 7) is -0.0679. The molecule has 0 aliphatic carbocycles. The highest BCUT2D eigenvalue weighted by atomic mass is 32.1. The number of ether oxygens (including phenoxy) is 1. The summed E-state index contributed by atoms with van der Waals surface area (Å²) >= 11 is 1.41. The van der Waals surface area contributed by atoms with Crippen molar-refractivity contribution >= 4 is 38.2 Å². The fraction of sp³-hybridized carbons (Fsp3) is 0.0870. The fourth-order valence-electron chi connectivity index (χ4n) is 3.61. The van der Waals surface area contributed by atoms with Crippen molar-refractivity contribution in [3.63, 3.8) is 0 Å². The number of H-pyrrole nitrogens is 1. The number of aromatic amines is 1. The Morgan fingerprint density at radius 2 is 1.97 bits per heavy atom. The number of nitrogens with one attached hydrogen (secondary N) is 1. The van der Waals surface area contributed by atoms with Gasteiger partial charge in [-0.1, -0.05) is 30.3 Å². The van der Waals surface area contributed by atoms with Crippen LogP contribution in [0, 0.1) is 0 Å². The van der Waals surface area contributed by atoms with E-state index < -0.39 is 0 Å². The average molecular weight is 415 g/mol. The van der Waals surface area contributed by atoms with Gasteiger partial charge in [-0.25, -0.2) is 4.98 Å². The molecule has 0 bridgehead atoms. The standard InChI is InChI=1S/C23H17N3O3S/c1-29-15-8-6-14(7-9-15)18-12-30-22-21(18)23(28)26(13-25-22)11-20(27)17-10-24-19-5-3-2-4-16(17)19/h2-10,12-13,24H,11H2,1H3. The van der Waals surface area contributed by atoms with Crippen LogP contribution < -0.4 is 10.3 Å².